The van der Waals surface area contributed by atoms with E-state index in [1.807, 2.05) is 23.7 Å². The smallest absolute Gasteiger partial charge is 0.225 e. The van der Waals surface area contributed by atoms with Crippen LogP contribution in [0.4, 0.5) is 0 Å². The Morgan fingerprint density at radius 1 is 1.10 bits per heavy atom. The average molecular weight is 445 g/mol. The molecule has 3 aliphatic rings. The summed E-state index contributed by atoms with van der Waals surface area (Å²) in [4.78, 5) is 23.1. The summed E-state index contributed by atoms with van der Waals surface area (Å²) in [6.45, 7) is 5.53. The molecule has 0 radical (unpaired) electrons. The van der Waals surface area contributed by atoms with Crippen molar-refractivity contribution in [3.63, 3.8) is 0 Å². The molecule has 31 heavy (non-hydrogen) atoms. The summed E-state index contributed by atoms with van der Waals surface area (Å²) in [7, 11) is 1.87. The summed E-state index contributed by atoms with van der Waals surface area (Å²) >= 11 is 2.02. The van der Waals surface area contributed by atoms with Crippen LogP contribution in [0.2, 0.25) is 0 Å². The van der Waals surface area contributed by atoms with E-state index in [0.717, 1.165) is 51.5 Å². The Balaban J connectivity index is 1.29. The van der Waals surface area contributed by atoms with Crippen LogP contribution in [0.15, 0.2) is 40.2 Å². The fourth-order valence-corrected chi connectivity index (χ4v) is 6.46. The lowest BCUT2D eigenvalue weighted by atomic mass is 9.95. The predicted molar refractivity (Wildman–Crippen MR) is 127 cm³/mol. The molecule has 1 aliphatic carbocycles. The molecule has 0 spiro atoms. The van der Waals surface area contributed by atoms with E-state index >= 15 is 0 Å². The van der Waals surface area contributed by atoms with Crippen LogP contribution in [0.1, 0.15) is 38.5 Å². The molecule has 170 valence electrons. The van der Waals surface area contributed by atoms with Crippen molar-refractivity contribution in [1.29, 1.82) is 0 Å². The summed E-state index contributed by atoms with van der Waals surface area (Å²) in [5.41, 5.74) is 0. The topological polar surface area (TPSA) is 57.2 Å². The van der Waals surface area contributed by atoms with Gasteiger partial charge in [-0.3, -0.25) is 9.79 Å². The molecule has 1 aromatic rings. The molecule has 0 atom stereocenters. The van der Waals surface area contributed by atoms with Gasteiger partial charge in [-0.15, -0.1) is 11.8 Å². The Labute approximate surface area is 190 Å². The van der Waals surface area contributed by atoms with Crippen molar-refractivity contribution in [2.24, 2.45) is 10.9 Å². The maximum absolute atomic E-state index is 12.8. The van der Waals surface area contributed by atoms with Crippen molar-refractivity contribution in [1.82, 2.24) is 15.1 Å². The van der Waals surface area contributed by atoms with E-state index in [-0.39, 0.29) is 10.7 Å². The summed E-state index contributed by atoms with van der Waals surface area (Å²) in [5.74, 6) is 1.44. The van der Waals surface area contributed by atoms with Gasteiger partial charge >= 0.3 is 0 Å². The highest BCUT2D eigenvalue weighted by Crippen LogP contribution is 2.44. The summed E-state index contributed by atoms with van der Waals surface area (Å²) in [6, 6.07) is 10.8. The highest BCUT2D eigenvalue weighted by Gasteiger charge is 2.36. The fraction of sp³-hybridized carbons (Fsp3) is 0.667. The minimum Gasteiger partial charge on any atom is -0.378 e. The predicted octanol–water partition coefficient (Wildman–Crippen LogP) is 3.24. The third kappa shape index (κ3) is 5.75. The number of carbonyl (C=O) groups excluding carboxylic acids is 1. The molecule has 2 aliphatic heterocycles. The van der Waals surface area contributed by atoms with Crippen molar-refractivity contribution < 1.29 is 9.53 Å². The number of thioether (sulfide) groups is 1. The third-order valence-corrected chi connectivity index (χ3v) is 8.33. The Morgan fingerprint density at radius 2 is 1.77 bits per heavy atom. The summed E-state index contributed by atoms with van der Waals surface area (Å²) in [5, 5.41) is 3.69. The highest BCUT2D eigenvalue weighted by atomic mass is 32.2. The second kappa shape index (κ2) is 10.7. The van der Waals surface area contributed by atoms with Gasteiger partial charge in [0.1, 0.15) is 0 Å². The Morgan fingerprint density at radius 3 is 2.42 bits per heavy atom. The quantitative estimate of drug-likeness (QED) is 0.558. The number of guanidine groups is 1. The standard InChI is InChI=1S/C24H36N4O2S/c1-25-23(26-19-24(11-5-6-12-24)31-21-7-3-2-4-8-21)28-13-9-20(10-14-28)22(29)27-15-17-30-18-16-27/h2-4,7-8,20H,5-6,9-19H2,1H3,(H,25,26). The van der Waals surface area contributed by atoms with Crippen molar-refractivity contribution in [2.75, 3.05) is 53.0 Å². The Hall–Kier alpha value is -1.73. The number of likely N-dealkylation sites (tertiary alicyclic amines) is 1. The van der Waals surface area contributed by atoms with Gasteiger partial charge in [0.2, 0.25) is 5.91 Å². The van der Waals surface area contributed by atoms with Gasteiger partial charge in [-0.2, -0.15) is 0 Å². The third-order valence-electron chi connectivity index (χ3n) is 6.84. The lowest BCUT2D eigenvalue weighted by molar-refractivity contribution is -0.140. The van der Waals surface area contributed by atoms with Crippen molar-refractivity contribution in [3.8, 4) is 0 Å². The van der Waals surface area contributed by atoms with Gasteiger partial charge < -0.3 is 19.9 Å². The molecule has 0 unspecified atom stereocenters. The van der Waals surface area contributed by atoms with Crippen LogP contribution in [0.5, 0.6) is 0 Å². The first-order valence-electron chi connectivity index (χ1n) is 11.8. The maximum atomic E-state index is 12.8. The van der Waals surface area contributed by atoms with Crippen LogP contribution in [0, 0.1) is 5.92 Å². The van der Waals surface area contributed by atoms with Gasteiger partial charge in [0.05, 0.1) is 13.2 Å². The second-order valence-electron chi connectivity index (χ2n) is 8.90. The summed E-state index contributed by atoms with van der Waals surface area (Å²) in [6.07, 6.45) is 6.89. The van der Waals surface area contributed by atoms with Gasteiger partial charge in [0.25, 0.3) is 0 Å². The minimum absolute atomic E-state index is 0.141. The molecule has 4 rings (SSSR count). The first-order chi connectivity index (χ1) is 15.2. The van der Waals surface area contributed by atoms with E-state index in [2.05, 4.69) is 45.5 Å². The van der Waals surface area contributed by atoms with E-state index in [1.165, 1.54) is 30.6 Å². The molecule has 2 heterocycles. The van der Waals surface area contributed by atoms with Crippen LogP contribution in [-0.4, -0.2) is 79.4 Å². The van der Waals surface area contributed by atoms with Crippen molar-refractivity contribution in [3.05, 3.63) is 30.3 Å². The molecule has 1 aromatic carbocycles. The number of morpholine rings is 1. The van der Waals surface area contributed by atoms with Crippen molar-refractivity contribution in [2.45, 2.75) is 48.2 Å². The highest BCUT2D eigenvalue weighted by molar-refractivity contribution is 8.00. The number of carbonyl (C=O) groups is 1. The van der Waals surface area contributed by atoms with E-state index in [4.69, 9.17) is 4.74 Å². The Bertz CT molecular complexity index is 737. The van der Waals surface area contributed by atoms with Gasteiger partial charge in [0.15, 0.2) is 5.96 Å². The van der Waals surface area contributed by atoms with Crippen LogP contribution >= 0.6 is 11.8 Å². The molecule has 2 saturated heterocycles. The first kappa shape index (κ1) is 22.5. The average Bonchev–Trinajstić information content (AvgIpc) is 3.29. The number of hydrogen-bond acceptors (Lipinski definition) is 4. The molecule has 6 nitrogen and oxygen atoms in total. The number of ether oxygens (including phenoxy) is 1. The molecule has 7 heteroatoms. The summed E-state index contributed by atoms with van der Waals surface area (Å²) < 4.78 is 5.63. The lowest BCUT2D eigenvalue weighted by Crippen LogP contribution is -2.51. The lowest BCUT2D eigenvalue weighted by Gasteiger charge is -2.38. The molecule has 0 aromatic heterocycles. The zero-order chi connectivity index (χ0) is 21.5. The van der Waals surface area contributed by atoms with Crippen LogP contribution in [0.3, 0.4) is 0 Å². The van der Waals surface area contributed by atoms with Gasteiger partial charge in [-0.25, -0.2) is 0 Å². The first-order valence-corrected chi connectivity index (χ1v) is 12.6. The molecule has 3 fully saturated rings. The number of aliphatic imine (C=N–C) groups is 1. The van der Waals surface area contributed by atoms with Crippen LogP contribution in [-0.2, 0) is 9.53 Å². The molecule has 0 bridgehead atoms. The van der Waals surface area contributed by atoms with Crippen molar-refractivity contribution >= 4 is 23.6 Å². The largest absolute Gasteiger partial charge is 0.378 e. The monoisotopic (exact) mass is 444 g/mol. The number of amides is 1. The minimum atomic E-state index is 0.141. The van der Waals surface area contributed by atoms with Gasteiger partial charge in [0, 0.05) is 55.3 Å². The van der Waals surface area contributed by atoms with Gasteiger partial charge in [-0.05, 0) is 37.8 Å². The fourth-order valence-electron chi connectivity index (χ4n) is 5.03. The van der Waals surface area contributed by atoms with E-state index in [0.29, 0.717) is 19.1 Å². The van der Waals surface area contributed by atoms with E-state index in [9.17, 15) is 4.79 Å². The SMILES string of the molecule is CN=C(NCC1(Sc2ccccc2)CCCC1)N1CCC(C(=O)N2CCOCC2)CC1. The molecule has 1 N–H and O–H groups in total. The molecule has 1 saturated carbocycles. The normalized spacial score (nSPS) is 22.5. The zero-order valence-electron chi connectivity index (χ0n) is 18.7. The van der Waals surface area contributed by atoms with Gasteiger partial charge in [-0.1, -0.05) is 31.0 Å². The number of nitrogens with one attached hydrogen (secondary N) is 1. The number of rotatable bonds is 5. The number of piperidine rings is 1. The van der Waals surface area contributed by atoms with E-state index in [1.54, 1.807) is 0 Å². The van der Waals surface area contributed by atoms with E-state index < -0.39 is 0 Å². The van der Waals surface area contributed by atoms with Crippen LogP contribution in [0.25, 0.3) is 0 Å². The molecular formula is C24H36N4O2S. The molecule has 1 amide bonds. The number of nitrogens with zero attached hydrogens (tertiary/aromatic N) is 3. The molecular weight excluding hydrogens is 408 g/mol. The van der Waals surface area contributed by atoms with Crippen LogP contribution < -0.4 is 5.32 Å². The maximum Gasteiger partial charge on any atom is 0.225 e. The zero-order valence-corrected chi connectivity index (χ0v) is 19.5. The Kier molecular flexibility index (Phi) is 7.77. The number of benzene rings is 1. The second-order valence-corrected chi connectivity index (χ2v) is 10.4. The number of hydrogen-bond donors (Lipinski definition) is 1.